The SMILES string of the molecule is CN(Cc1ccc(C(=O)O)cc1)CC1CN(CC(=O)Nc2ccc(Oc3ccccc3)cc2)C1. The third-order valence-electron chi connectivity index (χ3n) is 5.74. The Kier molecular flexibility index (Phi) is 7.57. The van der Waals surface area contributed by atoms with Gasteiger partial charge in [-0.05, 0) is 67.1 Å². The molecular formula is C27H29N3O4. The number of likely N-dealkylation sites (tertiary alicyclic amines) is 1. The number of rotatable bonds is 10. The Labute approximate surface area is 199 Å². The summed E-state index contributed by atoms with van der Waals surface area (Å²) in [5, 5.41) is 11.9. The molecule has 176 valence electrons. The van der Waals surface area contributed by atoms with Gasteiger partial charge in [-0.25, -0.2) is 4.79 Å². The molecule has 0 saturated carbocycles. The van der Waals surface area contributed by atoms with E-state index in [1.807, 2.05) is 66.7 Å². The summed E-state index contributed by atoms with van der Waals surface area (Å²) in [5.41, 5.74) is 2.13. The van der Waals surface area contributed by atoms with Gasteiger partial charge < -0.3 is 20.1 Å². The number of para-hydroxylation sites is 1. The van der Waals surface area contributed by atoms with Gasteiger partial charge in [0.25, 0.3) is 0 Å². The van der Waals surface area contributed by atoms with Crippen LogP contribution in [-0.2, 0) is 11.3 Å². The first-order chi connectivity index (χ1) is 16.4. The van der Waals surface area contributed by atoms with Crippen molar-refractivity contribution in [3.63, 3.8) is 0 Å². The van der Waals surface area contributed by atoms with E-state index in [1.165, 1.54) is 0 Å². The van der Waals surface area contributed by atoms with E-state index in [-0.39, 0.29) is 5.91 Å². The van der Waals surface area contributed by atoms with Gasteiger partial charge in [-0.2, -0.15) is 0 Å². The molecule has 2 N–H and O–H groups in total. The maximum absolute atomic E-state index is 12.4. The first-order valence-electron chi connectivity index (χ1n) is 11.3. The van der Waals surface area contributed by atoms with E-state index >= 15 is 0 Å². The lowest BCUT2D eigenvalue weighted by molar-refractivity contribution is -0.119. The van der Waals surface area contributed by atoms with Gasteiger partial charge in [0.2, 0.25) is 5.91 Å². The van der Waals surface area contributed by atoms with E-state index in [1.54, 1.807) is 12.1 Å². The van der Waals surface area contributed by atoms with Crippen molar-refractivity contribution in [2.24, 2.45) is 5.92 Å². The fourth-order valence-corrected chi connectivity index (χ4v) is 4.13. The van der Waals surface area contributed by atoms with Crippen molar-refractivity contribution >= 4 is 17.6 Å². The molecule has 34 heavy (non-hydrogen) atoms. The molecule has 7 nitrogen and oxygen atoms in total. The number of carbonyl (C=O) groups excluding carboxylic acids is 1. The number of nitrogens with zero attached hydrogens (tertiary/aromatic N) is 2. The van der Waals surface area contributed by atoms with Crippen LogP contribution in [0.4, 0.5) is 5.69 Å². The molecule has 0 aromatic heterocycles. The molecule has 0 aliphatic carbocycles. The van der Waals surface area contributed by atoms with Crippen LogP contribution >= 0.6 is 0 Å². The van der Waals surface area contributed by atoms with E-state index in [2.05, 4.69) is 22.2 Å². The second-order valence-corrected chi connectivity index (χ2v) is 8.75. The van der Waals surface area contributed by atoms with Crippen LogP contribution in [-0.4, -0.2) is 60.0 Å². The van der Waals surface area contributed by atoms with Crippen LogP contribution < -0.4 is 10.1 Å². The molecule has 1 aliphatic heterocycles. The first-order valence-corrected chi connectivity index (χ1v) is 11.3. The fraction of sp³-hybridized carbons (Fsp3) is 0.259. The molecule has 1 aliphatic rings. The molecule has 1 saturated heterocycles. The number of hydrogen-bond donors (Lipinski definition) is 2. The van der Waals surface area contributed by atoms with Gasteiger partial charge in [-0.3, -0.25) is 9.69 Å². The highest BCUT2D eigenvalue weighted by Gasteiger charge is 2.28. The molecule has 0 spiro atoms. The average Bonchev–Trinajstić information content (AvgIpc) is 2.80. The molecule has 3 aromatic carbocycles. The number of nitrogens with one attached hydrogen (secondary N) is 1. The summed E-state index contributed by atoms with van der Waals surface area (Å²) in [6.45, 7) is 3.85. The second kappa shape index (κ2) is 11.0. The van der Waals surface area contributed by atoms with Crippen molar-refractivity contribution < 1.29 is 19.4 Å². The van der Waals surface area contributed by atoms with Gasteiger partial charge in [0.15, 0.2) is 0 Å². The maximum atomic E-state index is 12.4. The van der Waals surface area contributed by atoms with Crippen molar-refractivity contribution in [3.8, 4) is 11.5 Å². The highest BCUT2D eigenvalue weighted by Crippen LogP contribution is 2.23. The van der Waals surface area contributed by atoms with Crippen molar-refractivity contribution in [2.75, 3.05) is 38.5 Å². The summed E-state index contributed by atoms with van der Waals surface area (Å²) >= 11 is 0. The third kappa shape index (κ3) is 6.66. The fourth-order valence-electron chi connectivity index (χ4n) is 4.13. The third-order valence-corrected chi connectivity index (χ3v) is 5.74. The van der Waals surface area contributed by atoms with Crippen LogP contribution in [0.25, 0.3) is 0 Å². The Bertz CT molecular complexity index is 1090. The number of benzene rings is 3. The van der Waals surface area contributed by atoms with Crippen LogP contribution in [0.15, 0.2) is 78.9 Å². The smallest absolute Gasteiger partial charge is 0.335 e. The lowest BCUT2D eigenvalue weighted by atomic mass is 9.99. The maximum Gasteiger partial charge on any atom is 0.335 e. The predicted octanol–water partition coefficient (Wildman–Crippen LogP) is 4.18. The lowest BCUT2D eigenvalue weighted by Crippen LogP contribution is -2.53. The topological polar surface area (TPSA) is 82.1 Å². The summed E-state index contributed by atoms with van der Waals surface area (Å²) in [4.78, 5) is 27.7. The number of carboxylic acid groups (broad SMARTS) is 1. The van der Waals surface area contributed by atoms with Gasteiger partial charge >= 0.3 is 5.97 Å². The zero-order chi connectivity index (χ0) is 23.9. The Hall–Kier alpha value is -3.68. The highest BCUT2D eigenvalue weighted by atomic mass is 16.5. The van der Waals surface area contributed by atoms with E-state index in [0.717, 1.165) is 48.9 Å². The van der Waals surface area contributed by atoms with Crippen molar-refractivity contribution in [1.82, 2.24) is 9.80 Å². The number of amides is 1. The van der Waals surface area contributed by atoms with Crippen LogP contribution in [0.3, 0.4) is 0 Å². The average molecular weight is 460 g/mol. The van der Waals surface area contributed by atoms with Crippen molar-refractivity contribution in [3.05, 3.63) is 90.0 Å². The van der Waals surface area contributed by atoms with E-state index in [0.29, 0.717) is 18.0 Å². The number of hydrogen-bond acceptors (Lipinski definition) is 5. The zero-order valence-electron chi connectivity index (χ0n) is 19.2. The standard InChI is InChI=1S/C27H29N3O4/c1-29(15-20-7-9-22(10-8-20)27(32)33)16-21-17-30(18-21)19-26(31)28-23-11-13-25(14-12-23)34-24-5-3-2-4-6-24/h2-14,21H,15-19H2,1H3,(H,28,31)(H,32,33). The lowest BCUT2D eigenvalue weighted by Gasteiger charge is -2.40. The molecule has 4 rings (SSSR count). The normalized spacial score (nSPS) is 13.9. The molecule has 0 unspecified atom stereocenters. The Morgan fingerprint density at radius 2 is 1.62 bits per heavy atom. The zero-order valence-corrected chi connectivity index (χ0v) is 19.2. The summed E-state index contributed by atoms with van der Waals surface area (Å²) in [7, 11) is 2.06. The summed E-state index contributed by atoms with van der Waals surface area (Å²) in [6, 6.07) is 23.9. The molecule has 1 heterocycles. The summed E-state index contributed by atoms with van der Waals surface area (Å²) in [5.74, 6) is 1.07. The molecule has 0 radical (unpaired) electrons. The van der Waals surface area contributed by atoms with E-state index in [4.69, 9.17) is 9.84 Å². The molecule has 3 aromatic rings. The minimum absolute atomic E-state index is 0.0259. The molecule has 0 bridgehead atoms. The van der Waals surface area contributed by atoms with Crippen LogP contribution in [0, 0.1) is 5.92 Å². The van der Waals surface area contributed by atoms with Gasteiger partial charge in [-0.15, -0.1) is 0 Å². The summed E-state index contributed by atoms with van der Waals surface area (Å²) in [6.07, 6.45) is 0. The molecular weight excluding hydrogens is 430 g/mol. The number of carbonyl (C=O) groups is 2. The monoisotopic (exact) mass is 459 g/mol. The number of ether oxygens (including phenoxy) is 1. The van der Waals surface area contributed by atoms with Crippen LogP contribution in [0.2, 0.25) is 0 Å². The van der Waals surface area contributed by atoms with Gasteiger partial charge in [0.1, 0.15) is 11.5 Å². The quantitative estimate of drug-likeness (QED) is 0.473. The second-order valence-electron chi connectivity index (χ2n) is 8.75. The Morgan fingerprint density at radius 1 is 0.971 bits per heavy atom. The van der Waals surface area contributed by atoms with Gasteiger partial charge in [-0.1, -0.05) is 30.3 Å². The van der Waals surface area contributed by atoms with Crippen molar-refractivity contribution in [2.45, 2.75) is 6.54 Å². The number of anilines is 1. The Balaban J connectivity index is 1.15. The van der Waals surface area contributed by atoms with Gasteiger partial charge in [0, 0.05) is 31.9 Å². The minimum atomic E-state index is -0.910. The largest absolute Gasteiger partial charge is 0.478 e. The highest BCUT2D eigenvalue weighted by molar-refractivity contribution is 5.92. The van der Waals surface area contributed by atoms with Crippen LogP contribution in [0.1, 0.15) is 15.9 Å². The van der Waals surface area contributed by atoms with E-state index < -0.39 is 5.97 Å². The van der Waals surface area contributed by atoms with E-state index in [9.17, 15) is 9.59 Å². The Morgan fingerprint density at radius 3 is 2.26 bits per heavy atom. The molecule has 1 amide bonds. The van der Waals surface area contributed by atoms with Gasteiger partial charge in [0.05, 0.1) is 12.1 Å². The predicted molar refractivity (Wildman–Crippen MR) is 131 cm³/mol. The number of carboxylic acids is 1. The molecule has 1 fully saturated rings. The summed E-state index contributed by atoms with van der Waals surface area (Å²) < 4.78 is 5.78. The van der Waals surface area contributed by atoms with Crippen molar-refractivity contribution in [1.29, 1.82) is 0 Å². The first kappa shape index (κ1) is 23.5. The van der Waals surface area contributed by atoms with Crippen LogP contribution in [0.5, 0.6) is 11.5 Å². The molecule has 0 atom stereocenters. The minimum Gasteiger partial charge on any atom is -0.478 e. The molecule has 7 heteroatoms. The number of aromatic carboxylic acids is 1.